The first-order valence-electron chi connectivity index (χ1n) is 9.06. The Morgan fingerprint density at radius 2 is 2.11 bits per heavy atom. The summed E-state index contributed by atoms with van der Waals surface area (Å²) in [6.45, 7) is 2.11. The van der Waals surface area contributed by atoms with Gasteiger partial charge in [-0.25, -0.2) is 4.79 Å². The van der Waals surface area contributed by atoms with Crippen molar-refractivity contribution in [2.45, 2.75) is 18.6 Å². The minimum atomic E-state index is -0.692. The molecule has 2 fully saturated rings. The molecule has 0 unspecified atom stereocenters. The molecule has 1 aromatic heterocycles. The van der Waals surface area contributed by atoms with E-state index in [-0.39, 0.29) is 18.2 Å². The van der Waals surface area contributed by atoms with Crippen molar-refractivity contribution in [3.63, 3.8) is 0 Å². The van der Waals surface area contributed by atoms with Gasteiger partial charge in [0.2, 0.25) is 0 Å². The monoisotopic (exact) mass is 388 g/mol. The van der Waals surface area contributed by atoms with Gasteiger partial charge in [0.25, 0.3) is 0 Å². The number of hydrogen-bond acceptors (Lipinski definition) is 7. The largest absolute Gasteiger partial charge is 0.442 e. The molecule has 2 aromatic rings. The Hall–Kier alpha value is -2.55. The Morgan fingerprint density at radius 3 is 2.89 bits per heavy atom. The lowest BCUT2D eigenvalue weighted by Gasteiger charge is -2.29. The number of carbonyl (C=O) groups is 1. The second-order valence-corrected chi connectivity index (χ2v) is 8.67. The summed E-state index contributed by atoms with van der Waals surface area (Å²) in [6.07, 6.45) is 1.72. The minimum Gasteiger partial charge on any atom is -0.442 e. The zero-order chi connectivity index (χ0) is 18.4. The fraction of sp³-hybridized carbons (Fsp3) is 0.444. The van der Waals surface area contributed by atoms with Gasteiger partial charge < -0.3 is 19.5 Å². The van der Waals surface area contributed by atoms with Crippen LogP contribution in [0.25, 0.3) is 0 Å². The van der Waals surface area contributed by atoms with Gasteiger partial charge in [0.15, 0.2) is 5.82 Å². The van der Waals surface area contributed by atoms with Gasteiger partial charge in [-0.1, -0.05) is 5.16 Å². The van der Waals surface area contributed by atoms with Crippen LogP contribution in [0.4, 0.5) is 22.0 Å². The predicted molar refractivity (Wildman–Crippen MR) is 102 cm³/mol. The summed E-state index contributed by atoms with van der Waals surface area (Å²) in [5.41, 5.74) is 3.22. The first-order chi connectivity index (χ1) is 13.2. The number of nitrogens with one attached hydrogen (secondary N) is 1. The molecule has 0 aliphatic carbocycles. The molecule has 142 valence electrons. The van der Waals surface area contributed by atoms with Crippen molar-refractivity contribution < 1.29 is 18.3 Å². The highest BCUT2D eigenvalue weighted by Crippen LogP contribution is 2.40. The van der Waals surface area contributed by atoms with E-state index in [2.05, 4.69) is 21.4 Å². The third-order valence-corrected chi connectivity index (χ3v) is 6.70. The normalized spacial score (nSPS) is 24.7. The fourth-order valence-electron chi connectivity index (χ4n) is 4.04. The zero-order valence-electron chi connectivity index (χ0n) is 14.7. The number of benzene rings is 1. The van der Waals surface area contributed by atoms with Gasteiger partial charge in [0, 0.05) is 47.1 Å². The summed E-state index contributed by atoms with van der Waals surface area (Å²) < 4.78 is 22.0. The van der Waals surface area contributed by atoms with Gasteiger partial charge in [-0.3, -0.25) is 9.11 Å². The lowest BCUT2D eigenvalue weighted by molar-refractivity contribution is 0.137. The highest BCUT2D eigenvalue weighted by atomic mass is 32.2. The van der Waals surface area contributed by atoms with Gasteiger partial charge in [-0.15, -0.1) is 0 Å². The third-order valence-electron chi connectivity index (χ3n) is 5.43. The molecule has 27 heavy (non-hydrogen) atoms. The Bertz CT molecular complexity index is 877. The molecule has 5 rings (SSSR count). The van der Waals surface area contributed by atoms with Crippen LogP contribution in [-0.2, 0) is 22.0 Å². The van der Waals surface area contributed by atoms with Crippen LogP contribution in [0.15, 0.2) is 35.1 Å². The molecule has 2 saturated heterocycles. The number of hydrogen-bond donors (Lipinski definition) is 1. The number of aromatic nitrogens is 1. The molecule has 3 aliphatic rings. The lowest BCUT2D eigenvalue weighted by atomic mass is 10.0. The molecule has 3 aliphatic heterocycles. The molecule has 1 aromatic carbocycles. The third kappa shape index (κ3) is 2.95. The summed E-state index contributed by atoms with van der Waals surface area (Å²) in [5.74, 6) is 2.06. The average Bonchev–Trinajstić information content (AvgIpc) is 3.38. The number of fused-ring (bicyclic) bond motifs is 3. The fourth-order valence-corrected chi connectivity index (χ4v) is 5.09. The number of carbonyl (C=O) groups excluding carboxylic acids is 1. The zero-order valence-corrected chi connectivity index (χ0v) is 15.5. The number of amides is 1. The van der Waals surface area contributed by atoms with E-state index < -0.39 is 10.8 Å². The van der Waals surface area contributed by atoms with E-state index in [1.165, 1.54) is 6.26 Å². The molecule has 2 atom stereocenters. The molecule has 0 bridgehead atoms. The Balaban J connectivity index is 1.33. The van der Waals surface area contributed by atoms with Gasteiger partial charge in [-0.2, -0.15) is 0 Å². The molecule has 1 amide bonds. The van der Waals surface area contributed by atoms with Gasteiger partial charge >= 0.3 is 6.09 Å². The topological polar surface area (TPSA) is 87.9 Å². The van der Waals surface area contributed by atoms with Crippen LogP contribution >= 0.6 is 0 Å². The van der Waals surface area contributed by atoms with E-state index >= 15 is 0 Å². The van der Waals surface area contributed by atoms with E-state index in [0.717, 1.165) is 36.4 Å². The summed E-state index contributed by atoms with van der Waals surface area (Å²) in [6, 6.07) is 7.93. The first kappa shape index (κ1) is 16.6. The summed E-state index contributed by atoms with van der Waals surface area (Å²) >= 11 is 0. The summed E-state index contributed by atoms with van der Waals surface area (Å²) in [5, 5.41) is 6.97. The molecular formula is C18H20N4O4S. The molecule has 0 radical (unpaired) electrons. The van der Waals surface area contributed by atoms with Crippen molar-refractivity contribution in [3.05, 3.63) is 36.1 Å². The molecule has 0 spiro atoms. The minimum absolute atomic E-state index is 0.0176. The van der Waals surface area contributed by atoms with Crippen LogP contribution in [0, 0.1) is 0 Å². The molecule has 8 nitrogen and oxygen atoms in total. The lowest BCUT2D eigenvalue weighted by Crippen LogP contribution is -2.37. The molecule has 4 heterocycles. The smallest absolute Gasteiger partial charge is 0.415 e. The van der Waals surface area contributed by atoms with E-state index in [1.807, 2.05) is 12.1 Å². The molecular weight excluding hydrogens is 368 g/mol. The standard InChI is InChI=1S/C18H20N4O4S/c23-18-22-14-2-1-13(21-4-7-27(24)8-5-21)9-12(14)10-15(22)16(26-18)11-19-17-3-6-25-20-17/h1-3,6,9,15-16H,4-5,7-8,10-11H2,(H,19,20)/t15-,16-/m0/s1. The van der Waals surface area contributed by atoms with Crippen LogP contribution in [-0.4, -0.2) is 58.7 Å². The van der Waals surface area contributed by atoms with Crippen molar-refractivity contribution in [2.75, 3.05) is 46.3 Å². The maximum atomic E-state index is 12.4. The van der Waals surface area contributed by atoms with Crippen molar-refractivity contribution in [1.82, 2.24) is 5.16 Å². The van der Waals surface area contributed by atoms with E-state index in [0.29, 0.717) is 23.9 Å². The highest BCUT2D eigenvalue weighted by molar-refractivity contribution is 7.85. The number of cyclic esters (lactones) is 1. The summed E-state index contributed by atoms with van der Waals surface area (Å²) in [7, 11) is -0.692. The van der Waals surface area contributed by atoms with Crippen LogP contribution in [0.1, 0.15) is 5.56 Å². The number of ether oxygens (including phenoxy) is 1. The predicted octanol–water partition coefficient (Wildman–Crippen LogP) is 1.61. The molecule has 9 heteroatoms. The average molecular weight is 388 g/mol. The SMILES string of the molecule is O=C1O[C@@H](CNc2ccon2)[C@@H]2Cc3cc(N4CCS(=O)CC4)ccc3N12. The van der Waals surface area contributed by atoms with Crippen LogP contribution in [0.2, 0.25) is 0 Å². The maximum Gasteiger partial charge on any atom is 0.415 e. The Morgan fingerprint density at radius 1 is 1.26 bits per heavy atom. The van der Waals surface area contributed by atoms with E-state index in [9.17, 15) is 9.00 Å². The highest BCUT2D eigenvalue weighted by Gasteiger charge is 2.47. The first-order valence-corrected chi connectivity index (χ1v) is 10.5. The van der Waals surface area contributed by atoms with E-state index in [4.69, 9.17) is 9.26 Å². The second-order valence-electron chi connectivity index (χ2n) is 6.98. The van der Waals surface area contributed by atoms with E-state index in [1.54, 1.807) is 11.0 Å². The van der Waals surface area contributed by atoms with Crippen LogP contribution < -0.4 is 15.1 Å². The molecule has 0 saturated carbocycles. The van der Waals surface area contributed by atoms with Crippen molar-refractivity contribution in [2.24, 2.45) is 0 Å². The summed E-state index contributed by atoms with van der Waals surface area (Å²) in [4.78, 5) is 16.4. The van der Waals surface area contributed by atoms with Crippen molar-refractivity contribution in [3.8, 4) is 0 Å². The number of nitrogens with zero attached hydrogens (tertiary/aromatic N) is 3. The van der Waals surface area contributed by atoms with Gasteiger partial charge in [0.1, 0.15) is 12.4 Å². The van der Waals surface area contributed by atoms with Crippen LogP contribution in [0.3, 0.4) is 0 Å². The van der Waals surface area contributed by atoms with Crippen LogP contribution in [0.5, 0.6) is 0 Å². The van der Waals surface area contributed by atoms with Gasteiger partial charge in [0.05, 0.1) is 18.3 Å². The maximum absolute atomic E-state index is 12.4. The number of anilines is 3. The van der Waals surface area contributed by atoms with Crippen molar-refractivity contribution >= 4 is 34.1 Å². The number of rotatable bonds is 4. The van der Waals surface area contributed by atoms with Crippen molar-refractivity contribution in [1.29, 1.82) is 0 Å². The molecule has 1 N–H and O–H groups in total. The van der Waals surface area contributed by atoms with Gasteiger partial charge in [-0.05, 0) is 30.2 Å². The quantitative estimate of drug-likeness (QED) is 0.851. The second kappa shape index (κ2) is 6.56. The Labute approximate surface area is 158 Å². The Kier molecular flexibility index (Phi) is 4.04.